The first-order valence-electron chi connectivity index (χ1n) is 12.3. The molecule has 4 aromatic rings. The summed E-state index contributed by atoms with van der Waals surface area (Å²) in [6.07, 6.45) is 7.59. The average Bonchev–Trinajstić information content (AvgIpc) is 3.46. The van der Waals surface area contributed by atoms with Crippen LogP contribution in [0.4, 0.5) is 10.1 Å². The highest BCUT2D eigenvalue weighted by atomic mass is 32.2. The molecule has 0 spiro atoms. The van der Waals surface area contributed by atoms with Crippen LogP contribution in [0.1, 0.15) is 18.4 Å². The second-order valence-corrected chi connectivity index (χ2v) is 11.9. The second kappa shape index (κ2) is 10.2. The Morgan fingerprint density at radius 2 is 1.95 bits per heavy atom. The summed E-state index contributed by atoms with van der Waals surface area (Å²) in [5.74, 6) is -0.0985. The lowest BCUT2D eigenvalue weighted by molar-refractivity contribution is 0.143. The number of benzene rings is 1. The monoisotopic (exact) mass is 526 g/mol. The number of aryl methyl sites for hydroxylation is 1. The fourth-order valence-electron chi connectivity index (χ4n) is 5.06. The van der Waals surface area contributed by atoms with Gasteiger partial charge in [-0.05, 0) is 49.1 Å². The van der Waals surface area contributed by atoms with Crippen molar-refractivity contribution < 1.29 is 17.9 Å². The molecule has 9 nitrogen and oxygen atoms in total. The number of aromatic nitrogens is 4. The van der Waals surface area contributed by atoms with E-state index in [1.54, 1.807) is 16.9 Å². The first-order chi connectivity index (χ1) is 17.7. The Balaban J connectivity index is 1.48. The molecule has 0 radical (unpaired) electrons. The lowest BCUT2D eigenvalue weighted by Gasteiger charge is -2.33. The van der Waals surface area contributed by atoms with E-state index in [9.17, 15) is 17.9 Å². The average molecular weight is 527 g/mol. The van der Waals surface area contributed by atoms with Crippen molar-refractivity contribution in [1.29, 1.82) is 0 Å². The zero-order valence-corrected chi connectivity index (χ0v) is 21.5. The lowest BCUT2D eigenvalue weighted by atomic mass is 10.1. The van der Waals surface area contributed by atoms with Gasteiger partial charge in [-0.1, -0.05) is 6.07 Å². The fourth-order valence-corrected chi connectivity index (χ4v) is 6.52. The largest absolute Gasteiger partial charge is 0.396 e. The van der Waals surface area contributed by atoms with Crippen molar-refractivity contribution >= 4 is 26.6 Å². The summed E-state index contributed by atoms with van der Waals surface area (Å²) in [4.78, 5) is 7.09. The highest BCUT2D eigenvalue weighted by Gasteiger charge is 2.28. The molecule has 4 heterocycles. The highest BCUT2D eigenvalue weighted by Crippen LogP contribution is 2.29. The van der Waals surface area contributed by atoms with E-state index in [-0.39, 0.29) is 29.8 Å². The van der Waals surface area contributed by atoms with Crippen LogP contribution in [0.5, 0.6) is 0 Å². The Bertz CT molecular complexity index is 1520. The lowest BCUT2D eigenvalue weighted by Crippen LogP contribution is -2.43. The molecule has 1 aromatic carbocycles. The van der Waals surface area contributed by atoms with Crippen LogP contribution in [0.25, 0.3) is 28.0 Å². The van der Waals surface area contributed by atoms with Gasteiger partial charge in [0.2, 0.25) is 0 Å². The number of nitrogens with zero attached hydrogens (tertiary/aromatic N) is 5. The molecule has 1 aliphatic heterocycles. The number of aliphatic hydroxyl groups is 1. The van der Waals surface area contributed by atoms with Crippen LogP contribution in [0, 0.1) is 5.82 Å². The molecule has 196 valence electrons. The predicted molar refractivity (Wildman–Crippen MR) is 142 cm³/mol. The number of pyridine rings is 1. The number of halogens is 1. The molecule has 1 saturated heterocycles. The molecule has 0 bridgehead atoms. The van der Waals surface area contributed by atoms with Crippen LogP contribution in [0.2, 0.25) is 0 Å². The molecule has 0 unspecified atom stereocenters. The van der Waals surface area contributed by atoms with E-state index in [1.165, 1.54) is 12.1 Å². The van der Waals surface area contributed by atoms with Crippen LogP contribution in [-0.4, -0.2) is 75.0 Å². The summed E-state index contributed by atoms with van der Waals surface area (Å²) in [6.45, 7) is 1.20. The van der Waals surface area contributed by atoms with Gasteiger partial charge in [-0.3, -0.25) is 14.1 Å². The van der Waals surface area contributed by atoms with Crippen molar-refractivity contribution in [3.8, 4) is 16.9 Å². The first-order valence-corrected chi connectivity index (χ1v) is 14.2. The van der Waals surface area contributed by atoms with E-state index < -0.39 is 15.7 Å². The van der Waals surface area contributed by atoms with Gasteiger partial charge in [-0.2, -0.15) is 5.10 Å². The zero-order valence-electron chi connectivity index (χ0n) is 20.7. The Hall–Kier alpha value is -3.28. The minimum atomic E-state index is -2.96. The standard InChI is InChI=1S/C26H31FN6O3S/c1-31-17-21(15-29-31)33-16-19(6-9-32(10-11-34)20-7-12-37(35,36)13-8-20)22-3-5-25(30-26(22)33)18-2-4-24(28)23(27)14-18/h2-5,14-17,20,34H,6-13,28H2,1H3. The van der Waals surface area contributed by atoms with Crippen molar-refractivity contribution in [2.45, 2.75) is 25.3 Å². The molecular formula is C26H31FN6O3S. The Labute approximate surface area is 215 Å². The van der Waals surface area contributed by atoms with Crippen LogP contribution >= 0.6 is 0 Å². The third-order valence-electron chi connectivity index (χ3n) is 7.10. The molecule has 0 atom stereocenters. The summed E-state index contributed by atoms with van der Waals surface area (Å²) in [5.41, 5.74) is 9.67. The topological polar surface area (TPSA) is 119 Å². The molecule has 3 N–H and O–H groups in total. The van der Waals surface area contributed by atoms with Gasteiger partial charge in [0.05, 0.1) is 41.4 Å². The smallest absolute Gasteiger partial charge is 0.150 e. The van der Waals surface area contributed by atoms with E-state index in [0.29, 0.717) is 43.6 Å². The van der Waals surface area contributed by atoms with Crippen molar-refractivity contribution in [2.75, 3.05) is 36.9 Å². The van der Waals surface area contributed by atoms with Gasteiger partial charge >= 0.3 is 0 Å². The third kappa shape index (κ3) is 5.39. The summed E-state index contributed by atoms with van der Waals surface area (Å²) >= 11 is 0. The molecule has 11 heteroatoms. The van der Waals surface area contributed by atoms with Gasteiger partial charge in [0.25, 0.3) is 0 Å². The molecular weight excluding hydrogens is 495 g/mol. The summed E-state index contributed by atoms with van der Waals surface area (Å²) in [5, 5.41) is 14.9. The molecule has 1 aliphatic rings. The minimum absolute atomic E-state index is 0.0176. The quantitative estimate of drug-likeness (QED) is 0.339. The molecule has 0 saturated carbocycles. The molecule has 1 fully saturated rings. The number of hydrogen-bond acceptors (Lipinski definition) is 7. The van der Waals surface area contributed by atoms with Gasteiger partial charge in [-0.15, -0.1) is 0 Å². The molecule has 37 heavy (non-hydrogen) atoms. The number of sulfone groups is 1. The van der Waals surface area contributed by atoms with Gasteiger partial charge in [0.1, 0.15) is 21.3 Å². The number of nitrogens with two attached hydrogens (primary N) is 1. The molecule has 0 amide bonds. The van der Waals surface area contributed by atoms with Crippen molar-refractivity contribution in [3.05, 3.63) is 60.3 Å². The number of fused-ring (bicyclic) bond motifs is 1. The van der Waals surface area contributed by atoms with E-state index in [2.05, 4.69) is 10.00 Å². The Kier molecular flexibility index (Phi) is 7.02. The van der Waals surface area contributed by atoms with Gasteiger partial charge in [0, 0.05) is 49.5 Å². The molecule has 0 aliphatic carbocycles. The third-order valence-corrected chi connectivity index (χ3v) is 8.81. The maximum Gasteiger partial charge on any atom is 0.150 e. The summed E-state index contributed by atoms with van der Waals surface area (Å²) in [7, 11) is -1.11. The minimum Gasteiger partial charge on any atom is -0.396 e. The molecule has 3 aromatic heterocycles. The van der Waals surface area contributed by atoms with Crippen LogP contribution < -0.4 is 5.73 Å². The van der Waals surface area contributed by atoms with Gasteiger partial charge < -0.3 is 10.8 Å². The first kappa shape index (κ1) is 25.4. The fraction of sp³-hybridized carbons (Fsp3) is 0.385. The van der Waals surface area contributed by atoms with Gasteiger partial charge in [-0.25, -0.2) is 17.8 Å². The molecule has 5 rings (SSSR count). The van der Waals surface area contributed by atoms with Crippen LogP contribution in [-0.2, 0) is 23.3 Å². The van der Waals surface area contributed by atoms with E-state index in [0.717, 1.165) is 22.3 Å². The van der Waals surface area contributed by atoms with E-state index in [1.807, 2.05) is 36.1 Å². The van der Waals surface area contributed by atoms with Crippen LogP contribution in [0.15, 0.2) is 48.9 Å². The normalized spacial score (nSPS) is 16.1. The predicted octanol–water partition coefficient (Wildman–Crippen LogP) is 2.56. The van der Waals surface area contributed by atoms with E-state index in [4.69, 9.17) is 10.7 Å². The number of nitrogen functional groups attached to an aromatic ring is 1. The number of hydrogen-bond donors (Lipinski definition) is 2. The number of aliphatic hydroxyl groups excluding tert-OH is 1. The van der Waals surface area contributed by atoms with Gasteiger partial charge in [0.15, 0.2) is 0 Å². The SMILES string of the molecule is Cn1cc(-n2cc(CCN(CCO)C3CCS(=O)(=O)CC3)c3ccc(-c4ccc(N)c(F)c4)nc32)cn1. The maximum absolute atomic E-state index is 14.1. The maximum atomic E-state index is 14.1. The zero-order chi connectivity index (χ0) is 26.2. The summed E-state index contributed by atoms with van der Waals surface area (Å²) < 4.78 is 41.6. The highest BCUT2D eigenvalue weighted by molar-refractivity contribution is 7.91. The van der Waals surface area contributed by atoms with Crippen molar-refractivity contribution in [2.24, 2.45) is 7.05 Å². The Morgan fingerprint density at radius 3 is 2.62 bits per heavy atom. The number of anilines is 1. The van der Waals surface area contributed by atoms with E-state index >= 15 is 0 Å². The van der Waals surface area contributed by atoms with Crippen molar-refractivity contribution in [3.63, 3.8) is 0 Å². The van der Waals surface area contributed by atoms with Crippen LogP contribution in [0.3, 0.4) is 0 Å². The second-order valence-electron chi connectivity index (χ2n) is 9.59. The Morgan fingerprint density at radius 1 is 1.16 bits per heavy atom. The van der Waals surface area contributed by atoms with Crippen molar-refractivity contribution in [1.82, 2.24) is 24.2 Å². The summed E-state index contributed by atoms with van der Waals surface area (Å²) in [6, 6.07) is 8.68. The number of rotatable bonds is 8.